The van der Waals surface area contributed by atoms with Crippen LogP contribution < -0.4 is 0 Å². The molecule has 1 saturated heterocycles. The first-order chi connectivity index (χ1) is 19.1. The number of rotatable bonds is 7. The van der Waals surface area contributed by atoms with Crippen LogP contribution in [0.15, 0.2) is 76.8 Å². The summed E-state index contributed by atoms with van der Waals surface area (Å²) in [6.07, 6.45) is 19.9. The van der Waals surface area contributed by atoms with Gasteiger partial charge in [0.2, 0.25) is 0 Å². The van der Waals surface area contributed by atoms with Crippen LogP contribution in [0.5, 0.6) is 0 Å². The van der Waals surface area contributed by atoms with Crippen molar-refractivity contribution >= 4 is 11.9 Å². The van der Waals surface area contributed by atoms with Crippen molar-refractivity contribution in [3.05, 3.63) is 82.4 Å². The molecule has 0 radical (unpaired) electrons. The average Bonchev–Trinajstić information content (AvgIpc) is 3.67. The summed E-state index contributed by atoms with van der Waals surface area (Å²) in [5.74, 6) is 2.98. The number of benzene rings is 1. The number of esters is 2. The minimum absolute atomic E-state index is 0.0276. The largest absolute Gasteiger partial charge is 0.427 e. The van der Waals surface area contributed by atoms with Crippen molar-refractivity contribution in [1.29, 1.82) is 0 Å². The summed E-state index contributed by atoms with van der Waals surface area (Å²) in [5.41, 5.74) is 3.54. The number of carbonyl (C=O) groups is 2. The first kappa shape index (κ1) is 25.1. The summed E-state index contributed by atoms with van der Waals surface area (Å²) in [7, 11) is 0. The SMILES string of the molecule is CC[C@H](/C=C1\OC(=O)C2=C[C@@H]3CC[C@@]21[C@H]1C2=C(CC[C@@H]31)C(=CCCC1CCCC1)OC2=O)Cc1ccccc1. The molecule has 5 atom stereocenters. The van der Waals surface area contributed by atoms with Crippen LogP contribution in [0.25, 0.3) is 0 Å². The molecule has 0 unspecified atom stereocenters. The van der Waals surface area contributed by atoms with E-state index >= 15 is 0 Å². The predicted molar refractivity (Wildman–Crippen MR) is 150 cm³/mol. The normalized spacial score (nSPS) is 34.2. The van der Waals surface area contributed by atoms with Crippen LogP contribution in [-0.2, 0) is 25.5 Å². The van der Waals surface area contributed by atoms with Gasteiger partial charge in [0, 0.05) is 22.6 Å². The summed E-state index contributed by atoms with van der Waals surface area (Å²) in [6.45, 7) is 2.20. The van der Waals surface area contributed by atoms with E-state index in [2.05, 4.69) is 49.4 Å². The molecule has 4 nitrogen and oxygen atoms in total. The predicted octanol–water partition coefficient (Wildman–Crippen LogP) is 7.77. The molecule has 2 saturated carbocycles. The van der Waals surface area contributed by atoms with Crippen LogP contribution in [0, 0.1) is 35.0 Å². The zero-order valence-corrected chi connectivity index (χ0v) is 23.1. The molecule has 2 aliphatic heterocycles. The second-order valence-corrected chi connectivity index (χ2v) is 12.8. The molecule has 7 aliphatic rings. The number of carbonyl (C=O) groups excluding carboxylic acids is 2. The lowest BCUT2D eigenvalue weighted by atomic mass is 9.46. The molecule has 3 fully saturated rings. The van der Waals surface area contributed by atoms with E-state index < -0.39 is 5.41 Å². The minimum Gasteiger partial charge on any atom is -0.427 e. The van der Waals surface area contributed by atoms with Crippen molar-refractivity contribution in [2.75, 3.05) is 0 Å². The van der Waals surface area contributed by atoms with Gasteiger partial charge in [-0.3, -0.25) is 0 Å². The lowest BCUT2D eigenvalue weighted by Gasteiger charge is -2.54. The zero-order chi connectivity index (χ0) is 26.6. The van der Waals surface area contributed by atoms with Gasteiger partial charge in [0.25, 0.3) is 0 Å². The van der Waals surface area contributed by atoms with Crippen molar-refractivity contribution in [3.63, 3.8) is 0 Å². The highest BCUT2D eigenvalue weighted by Crippen LogP contribution is 2.68. The van der Waals surface area contributed by atoms with Crippen molar-refractivity contribution in [2.24, 2.45) is 35.0 Å². The second kappa shape index (κ2) is 9.94. The molecule has 8 rings (SSSR count). The van der Waals surface area contributed by atoms with E-state index in [1.807, 2.05) is 6.07 Å². The van der Waals surface area contributed by atoms with Gasteiger partial charge in [0.15, 0.2) is 0 Å². The Hall–Kier alpha value is -2.88. The number of fused-ring (bicyclic) bond motifs is 1. The van der Waals surface area contributed by atoms with Gasteiger partial charge in [-0.05, 0) is 92.8 Å². The maximum absolute atomic E-state index is 13.6. The third kappa shape index (κ3) is 4.08. The molecule has 4 heteroatoms. The van der Waals surface area contributed by atoms with Gasteiger partial charge >= 0.3 is 11.9 Å². The first-order valence-corrected chi connectivity index (χ1v) is 15.4. The number of hydrogen-bond donors (Lipinski definition) is 0. The molecule has 0 amide bonds. The number of ether oxygens (including phenoxy) is 2. The molecule has 1 aromatic rings. The molecule has 2 bridgehead atoms. The van der Waals surface area contributed by atoms with Crippen molar-refractivity contribution < 1.29 is 19.1 Å². The van der Waals surface area contributed by atoms with Crippen LogP contribution in [0.3, 0.4) is 0 Å². The smallest absolute Gasteiger partial charge is 0.340 e. The van der Waals surface area contributed by atoms with E-state index in [0.29, 0.717) is 11.8 Å². The lowest BCUT2D eigenvalue weighted by molar-refractivity contribution is -0.135. The second-order valence-electron chi connectivity index (χ2n) is 12.8. The van der Waals surface area contributed by atoms with Crippen LogP contribution in [-0.4, -0.2) is 11.9 Å². The van der Waals surface area contributed by atoms with E-state index in [0.717, 1.165) is 79.1 Å². The van der Waals surface area contributed by atoms with E-state index in [1.165, 1.54) is 37.7 Å². The fraction of sp³-hybridized carbons (Fsp3) is 0.543. The average molecular weight is 525 g/mol. The van der Waals surface area contributed by atoms with E-state index in [1.54, 1.807) is 0 Å². The maximum atomic E-state index is 13.6. The van der Waals surface area contributed by atoms with E-state index in [-0.39, 0.29) is 23.8 Å². The molecule has 0 aromatic heterocycles. The highest BCUT2D eigenvalue weighted by Gasteiger charge is 2.66. The Morgan fingerprint density at radius 2 is 1.85 bits per heavy atom. The molecule has 2 heterocycles. The quantitative estimate of drug-likeness (QED) is 0.342. The summed E-state index contributed by atoms with van der Waals surface area (Å²) in [6, 6.07) is 10.5. The highest BCUT2D eigenvalue weighted by molar-refractivity contribution is 5.99. The molecule has 5 aliphatic carbocycles. The Balaban J connectivity index is 1.25. The Labute approximate surface area is 232 Å². The Kier molecular flexibility index (Phi) is 6.40. The Bertz CT molecular complexity index is 1290. The minimum atomic E-state index is -0.528. The van der Waals surface area contributed by atoms with Crippen molar-refractivity contribution in [3.8, 4) is 0 Å². The fourth-order valence-electron chi connectivity index (χ4n) is 8.90. The van der Waals surface area contributed by atoms with Gasteiger partial charge in [0.1, 0.15) is 11.5 Å². The number of allylic oxidation sites excluding steroid dienone is 5. The van der Waals surface area contributed by atoms with Crippen molar-refractivity contribution in [1.82, 2.24) is 0 Å². The number of cyclic esters (lactones) is 2. The molecular formula is C35H40O4. The van der Waals surface area contributed by atoms with Gasteiger partial charge in [-0.2, -0.15) is 0 Å². The van der Waals surface area contributed by atoms with Crippen LogP contribution in [0.2, 0.25) is 0 Å². The molecule has 39 heavy (non-hydrogen) atoms. The summed E-state index contributed by atoms with van der Waals surface area (Å²) >= 11 is 0. The first-order valence-electron chi connectivity index (χ1n) is 15.4. The maximum Gasteiger partial charge on any atom is 0.340 e. The number of hydrogen-bond acceptors (Lipinski definition) is 4. The third-order valence-corrected chi connectivity index (χ3v) is 10.8. The third-order valence-electron chi connectivity index (χ3n) is 10.8. The van der Waals surface area contributed by atoms with Gasteiger partial charge < -0.3 is 9.47 Å². The highest BCUT2D eigenvalue weighted by atomic mass is 16.5. The monoisotopic (exact) mass is 524 g/mol. The van der Waals surface area contributed by atoms with E-state index in [4.69, 9.17) is 9.47 Å². The van der Waals surface area contributed by atoms with Gasteiger partial charge in [-0.25, -0.2) is 9.59 Å². The fourth-order valence-corrected chi connectivity index (χ4v) is 8.90. The topological polar surface area (TPSA) is 52.6 Å². The van der Waals surface area contributed by atoms with Gasteiger partial charge in [0.05, 0.1) is 5.41 Å². The van der Waals surface area contributed by atoms with Crippen LogP contribution in [0.1, 0.15) is 83.1 Å². The molecule has 1 spiro atoms. The Morgan fingerprint density at radius 3 is 2.64 bits per heavy atom. The van der Waals surface area contributed by atoms with Gasteiger partial charge in [-0.1, -0.05) is 69.0 Å². The van der Waals surface area contributed by atoms with Crippen LogP contribution in [0.4, 0.5) is 0 Å². The lowest BCUT2D eigenvalue weighted by Crippen LogP contribution is -2.50. The summed E-state index contributed by atoms with van der Waals surface area (Å²) in [5, 5.41) is 0. The van der Waals surface area contributed by atoms with E-state index in [9.17, 15) is 9.59 Å². The standard InChI is InChI=1S/C35H40O4/c1-2-22(19-24-11-4-3-5-12-24)20-30-35-18-17-25(21-28(35)33(36)39-30)26-15-16-27-29(38-34(37)31(27)32(26)35)14-8-13-23-9-6-7-10-23/h3-5,11-12,14,20-23,25-26,32H,2,6-10,13,15-19H2,1H3/b29-14?,30-20-/t22-,25-,26-,32+,35+/m0/s1. The van der Waals surface area contributed by atoms with Gasteiger partial charge in [-0.15, -0.1) is 0 Å². The van der Waals surface area contributed by atoms with Crippen LogP contribution >= 0.6 is 0 Å². The molecular weight excluding hydrogens is 484 g/mol. The molecule has 1 aromatic carbocycles. The molecule has 0 N–H and O–H groups in total. The Morgan fingerprint density at radius 1 is 1.03 bits per heavy atom. The zero-order valence-electron chi connectivity index (χ0n) is 23.1. The summed E-state index contributed by atoms with van der Waals surface area (Å²) in [4.78, 5) is 26.9. The summed E-state index contributed by atoms with van der Waals surface area (Å²) < 4.78 is 12.1. The molecule has 204 valence electrons. The van der Waals surface area contributed by atoms with Crippen molar-refractivity contribution in [2.45, 2.75) is 84.0 Å².